The molecule has 0 bridgehead atoms. The van der Waals surface area contributed by atoms with Gasteiger partial charge in [0.1, 0.15) is 0 Å². The van der Waals surface area contributed by atoms with Crippen LogP contribution < -0.4 is 0 Å². The first kappa shape index (κ1) is 11.9. The fourth-order valence-corrected chi connectivity index (χ4v) is 2.94. The van der Waals surface area contributed by atoms with Crippen LogP contribution in [-0.4, -0.2) is 10.9 Å². The molecule has 1 heterocycles. The molecule has 1 aliphatic rings. The second-order valence-corrected chi connectivity index (χ2v) is 5.35. The topological polar surface area (TPSA) is 15.8 Å². The van der Waals surface area contributed by atoms with E-state index < -0.39 is 0 Å². The second kappa shape index (κ2) is 5.19. The van der Waals surface area contributed by atoms with E-state index >= 15 is 0 Å². The monoisotopic (exact) mass is 259 g/mol. The smallest absolute Gasteiger partial charge is 0.0459 e. The van der Waals surface area contributed by atoms with Gasteiger partial charge in [0, 0.05) is 22.5 Å². The molecule has 0 aliphatic heterocycles. The van der Waals surface area contributed by atoms with Crippen LogP contribution in [0.25, 0.3) is 17.0 Å². The zero-order chi connectivity index (χ0) is 12.4. The highest BCUT2D eigenvalue weighted by atomic mass is 35.5. The van der Waals surface area contributed by atoms with Crippen molar-refractivity contribution in [3.05, 3.63) is 41.1 Å². The average molecular weight is 260 g/mol. The average Bonchev–Trinajstić information content (AvgIpc) is 2.77. The minimum absolute atomic E-state index is 0.693. The molecule has 1 aromatic heterocycles. The lowest BCUT2D eigenvalue weighted by molar-refractivity contribution is 0.680. The van der Waals surface area contributed by atoms with Gasteiger partial charge in [-0.2, -0.15) is 0 Å². The summed E-state index contributed by atoms with van der Waals surface area (Å²) in [5, 5.41) is 1.41. The van der Waals surface area contributed by atoms with Crippen molar-refractivity contribution in [3.8, 4) is 0 Å². The maximum absolute atomic E-state index is 5.68. The van der Waals surface area contributed by atoms with Gasteiger partial charge in [-0.3, -0.25) is 0 Å². The Kier molecular flexibility index (Phi) is 3.42. The van der Waals surface area contributed by atoms with Gasteiger partial charge in [0.25, 0.3) is 0 Å². The third kappa shape index (κ3) is 2.20. The Morgan fingerprint density at radius 3 is 3.00 bits per heavy atom. The predicted molar refractivity (Wildman–Crippen MR) is 79.3 cm³/mol. The van der Waals surface area contributed by atoms with Crippen LogP contribution in [0.5, 0.6) is 0 Å². The molecule has 2 aromatic rings. The maximum Gasteiger partial charge on any atom is 0.0459 e. The summed E-state index contributed by atoms with van der Waals surface area (Å²) in [6.07, 6.45) is 10.3. The van der Waals surface area contributed by atoms with Crippen molar-refractivity contribution < 1.29 is 0 Å². The maximum atomic E-state index is 5.68. The summed E-state index contributed by atoms with van der Waals surface area (Å²) >= 11 is 5.68. The fraction of sp³-hybridized carbons (Fsp3) is 0.375. The summed E-state index contributed by atoms with van der Waals surface area (Å²) in [6.45, 7) is 0. The van der Waals surface area contributed by atoms with Crippen molar-refractivity contribution in [1.29, 1.82) is 0 Å². The van der Waals surface area contributed by atoms with Crippen LogP contribution in [0.4, 0.5) is 0 Å². The minimum Gasteiger partial charge on any atom is -0.358 e. The van der Waals surface area contributed by atoms with Crippen LogP contribution in [-0.2, 0) is 12.8 Å². The summed E-state index contributed by atoms with van der Waals surface area (Å²) < 4.78 is 0. The highest BCUT2D eigenvalue weighted by Gasteiger charge is 2.14. The first-order valence-corrected chi connectivity index (χ1v) is 7.28. The molecule has 18 heavy (non-hydrogen) atoms. The Labute approximate surface area is 113 Å². The number of benzene rings is 1. The first-order valence-electron chi connectivity index (χ1n) is 6.74. The number of hydrogen-bond donors (Lipinski definition) is 1. The summed E-state index contributed by atoms with van der Waals surface area (Å²) in [6, 6.07) is 6.68. The lowest BCUT2D eigenvalue weighted by atomic mass is 9.95. The number of aromatic nitrogens is 1. The van der Waals surface area contributed by atoms with E-state index in [0.717, 1.165) is 6.42 Å². The van der Waals surface area contributed by atoms with Crippen LogP contribution >= 0.6 is 11.6 Å². The molecule has 2 heteroatoms. The van der Waals surface area contributed by atoms with E-state index in [0.29, 0.717) is 5.88 Å². The van der Waals surface area contributed by atoms with Crippen molar-refractivity contribution >= 4 is 28.6 Å². The Morgan fingerprint density at radius 2 is 2.11 bits per heavy atom. The molecule has 1 aromatic carbocycles. The summed E-state index contributed by atoms with van der Waals surface area (Å²) in [7, 11) is 0. The number of alkyl halides is 1. The highest BCUT2D eigenvalue weighted by molar-refractivity contribution is 6.17. The molecule has 1 nitrogen and oxygen atoms in total. The molecule has 0 atom stereocenters. The van der Waals surface area contributed by atoms with Gasteiger partial charge in [0.15, 0.2) is 0 Å². The molecule has 0 fully saturated rings. The lowest BCUT2D eigenvalue weighted by Gasteiger charge is -2.10. The van der Waals surface area contributed by atoms with E-state index in [-0.39, 0.29) is 0 Å². The van der Waals surface area contributed by atoms with Crippen molar-refractivity contribution in [2.45, 2.75) is 32.1 Å². The summed E-state index contributed by atoms with van der Waals surface area (Å²) in [5.74, 6) is 0.693. The van der Waals surface area contributed by atoms with Gasteiger partial charge < -0.3 is 4.98 Å². The number of aromatic amines is 1. The van der Waals surface area contributed by atoms with Gasteiger partial charge in [0.05, 0.1) is 0 Å². The lowest BCUT2D eigenvalue weighted by Crippen LogP contribution is -1.99. The van der Waals surface area contributed by atoms with Crippen molar-refractivity contribution in [3.63, 3.8) is 0 Å². The zero-order valence-electron chi connectivity index (χ0n) is 10.5. The molecule has 1 N–H and O–H groups in total. The van der Waals surface area contributed by atoms with Crippen LogP contribution in [0, 0.1) is 0 Å². The minimum atomic E-state index is 0.693. The number of rotatable bonds is 3. The van der Waals surface area contributed by atoms with E-state index in [9.17, 15) is 0 Å². The Bertz CT molecular complexity index is 580. The van der Waals surface area contributed by atoms with Crippen LogP contribution in [0.15, 0.2) is 24.3 Å². The third-order valence-electron chi connectivity index (χ3n) is 3.71. The first-order chi connectivity index (χ1) is 8.88. The molecule has 0 radical (unpaired) electrons. The molecule has 0 saturated carbocycles. The number of H-pyrrole nitrogens is 1. The molecule has 0 amide bonds. The fourth-order valence-electron chi connectivity index (χ4n) is 2.81. The van der Waals surface area contributed by atoms with Crippen LogP contribution in [0.2, 0.25) is 0 Å². The molecule has 0 unspecified atom stereocenters. The van der Waals surface area contributed by atoms with Gasteiger partial charge in [0.2, 0.25) is 0 Å². The second-order valence-electron chi connectivity index (χ2n) is 4.97. The molecule has 0 spiro atoms. The largest absolute Gasteiger partial charge is 0.358 e. The van der Waals surface area contributed by atoms with Gasteiger partial charge in [-0.05, 0) is 55.4 Å². The molecular formula is C16H18ClN. The molecule has 0 saturated heterocycles. The van der Waals surface area contributed by atoms with Crippen LogP contribution in [0.3, 0.4) is 0 Å². The number of hydrogen-bond acceptors (Lipinski definition) is 0. The highest BCUT2D eigenvalue weighted by Crippen LogP contribution is 2.29. The normalized spacial score (nSPS) is 15.4. The van der Waals surface area contributed by atoms with Crippen molar-refractivity contribution in [2.24, 2.45) is 0 Å². The van der Waals surface area contributed by atoms with E-state index in [1.165, 1.54) is 47.8 Å². The zero-order valence-corrected chi connectivity index (χ0v) is 11.3. The van der Waals surface area contributed by atoms with E-state index in [4.69, 9.17) is 11.6 Å². The van der Waals surface area contributed by atoms with Gasteiger partial charge in [-0.1, -0.05) is 18.2 Å². The van der Waals surface area contributed by atoms with Crippen molar-refractivity contribution in [2.75, 3.05) is 5.88 Å². The Hall–Kier alpha value is -1.21. The van der Waals surface area contributed by atoms with Crippen molar-refractivity contribution in [1.82, 2.24) is 4.98 Å². The quantitative estimate of drug-likeness (QED) is 0.770. The summed E-state index contributed by atoms with van der Waals surface area (Å²) in [5.41, 5.74) is 5.57. The van der Waals surface area contributed by atoms with E-state index in [2.05, 4.69) is 35.3 Å². The summed E-state index contributed by atoms with van der Waals surface area (Å²) in [4.78, 5) is 3.57. The Balaban J connectivity index is 2.00. The number of aryl methyl sites for hydroxylation is 2. The standard InChI is InChI=1S/C16H18ClN/c17-10-4-3-5-12-8-9-16-14(11-12)13-6-1-2-7-15(13)18-16/h3,5,8-9,11,18H,1-2,4,6-7,10H2. The third-order valence-corrected chi connectivity index (χ3v) is 3.93. The van der Waals surface area contributed by atoms with E-state index in [1.807, 2.05) is 0 Å². The number of halogens is 1. The number of nitrogens with one attached hydrogen (secondary N) is 1. The van der Waals surface area contributed by atoms with E-state index in [1.54, 1.807) is 5.56 Å². The molecule has 94 valence electrons. The molecule has 1 aliphatic carbocycles. The molecule has 3 rings (SSSR count). The Morgan fingerprint density at radius 1 is 1.22 bits per heavy atom. The van der Waals surface area contributed by atoms with Crippen LogP contribution in [0.1, 0.15) is 36.1 Å². The SMILES string of the molecule is ClCCC=Cc1ccc2[nH]c3c(c2c1)CCCC3. The van der Waals surface area contributed by atoms with Gasteiger partial charge in [-0.15, -0.1) is 11.6 Å². The number of fused-ring (bicyclic) bond motifs is 3. The number of allylic oxidation sites excluding steroid dienone is 1. The molecular weight excluding hydrogens is 242 g/mol. The predicted octanol–water partition coefficient (Wildman–Crippen LogP) is 4.69. The van der Waals surface area contributed by atoms with Gasteiger partial charge >= 0.3 is 0 Å². The van der Waals surface area contributed by atoms with Gasteiger partial charge in [-0.25, -0.2) is 0 Å².